The quantitative estimate of drug-likeness (QED) is 0.810. The monoisotopic (exact) mass is 295 g/mol. The highest BCUT2D eigenvalue weighted by Crippen LogP contribution is 2.26. The SMILES string of the molecule is CCC(Nc1ccc(OC(F)F)cc1)c1ccccc1F. The fourth-order valence-electron chi connectivity index (χ4n) is 2.09. The molecule has 21 heavy (non-hydrogen) atoms. The molecule has 0 saturated heterocycles. The lowest BCUT2D eigenvalue weighted by Crippen LogP contribution is -2.11. The Morgan fingerprint density at radius 2 is 1.71 bits per heavy atom. The molecule has 2 aromatic carbocycles. The lowest BCUT2D eigenvalue weighted by Gasteiger charge is -2.19. The van der Waals surface area contributed by atoms with E-state index in [1.165, 1.54) is 18.2 Å². The first kappa shape index (κ1) is 15.2. The average molecular weight is 295 g/mol. The van der Waals surface area contributed by atoms with Gasteiger partial charge in [-0.2, -0.15) is 8.78 Å². The molecule has 0 aliphatic rings. The number of anilines is 1. The van der Waals surface area contributed by atoms with E-state index in [1.807, 2.05) is 6.92 Å². The fourth-order valence-corrected chi connectivity index (χ4v) is 2.09. The van der Waals surface area contributed by atoms with Gasteiger partial charge in [0.05, 0.1) is 6.04 Å². The number of nitrogens with one attached hydrogen (secondary N) is 1. The van der Waals surface area contributed by atoms with Crippen molar-refractivity contribution in [1.29, 1.82) is 0 Å². The van der Waals surface area contributed by atoms with Gasteiger partial charge in [-0.1, -0.05) is 25.1 Å². The Kier molecular flexibility index (Phi) is 5.09. The standard InChI is InChI=1S/C16H16F3NO/c1-2-15(13-5-3-4-6-14(13)17)20-11-7-9-12(10-8-11)21-16(18)19/h3-10,15-16,20H,2H2,1H3. The Balaban J connectivity index is 2.10. The zero-order chi connectivity index (χ0) is 15.2. The summed E-state index contributed by atoms with van der Waals surface area (Å²) >= 11 is 0. The van der Waals surface area contributed by atoms with Crippen molar-refractivity contribution in [2.45, 2.75) is 26.0 Å². The Morgan fingerprint density at radius 1 is 1.05 bits per heavy atom. The number of ether oxygens (including phenoxy) is 1. The molecular formula is C16H16F3NO. The van der Waals surface area contributed by atoms with Gasteiger partial charge in [-0.25, -0.2) is 4.39 Å². The van der Waals surface area contributed by atoms with Crippen LogP contribution >= 0.6 is 0 Å². The van der Waals surface area contributed by atoms with Crippen molar-refractivity contribution in [3.63, 3.8) is 0 Å². The molecule has 0 amide bonds. The normalized spacial score (nSPS) is 12.2. The van der Waals surface area contributed by atoms with Crippen LogP contribution in [0.15, 0.2) is 48.5 Å². The van der Waals surface area contributed by atoms with Crippen LogP contribution in [0, 0.1) is 5.82 Å². The third-order valence-electron chi connectivity index (χ3n) is 3.11. The van der Waals surface area contributed by atoms with Gasteiger partial charge >= 0.3 is 6.61 Å². The summed E-state index contributed by atoms with van der Waals surface area (Å²) in [6.07, 6.45) is 0.691. The molecule has 1 unspecified atom stereocenters. The van der Waals surface area contributed by atoms with E-state index in [-0.39, 0.29) is 17.6 Å². The van der Waals surface area contributed by atoms with E-state index < -0.39 is 6.61 Å². The summed E-state index contributed by atoms with van der Waals surface area (Å²) in [5.41, 5.74) is 1.29. The Labute approximate surface area is 121 Å². The van der Waals surface area contributed by atoms with Crippen LogP contribution in [0.2, 0.25) is 0 Å². The Hall–Kier alpha value is -2.17. The summed E-state index contributed by atoms with van der Waals surface area (Å²) < 4.78 is 42.2. The van der Waals surface area contributed by atoms with Crippen molar-refractivity contribution in [3.05, 3.63) is 59.9 Å². The van der Waals surface area contributed by atoms with Gasteiger partial charge in [-0.05, 0) is 36.8 Å². The highest BCUT2D eigenvalue weighted by Gasteiger charge is 2.13. The topological polar surface area (TPSA) is 21.3 Å². The summed E-state index contributed by atoms with van der Waals surface area (Å²) in [6.45, 7) is -0.899. The van der Waals surface area contributed by atoms with Crippen LogP contribution in [0.3, 0.4) is 0 Å². The van der Waals surface area contributed by atoms with E-state index >= 15 is 0 Å². The Morgan fingerprint density at radius 3 is 2.29 bits per heavy atom. The third-order valence-corrected chi connectivity index (χ3v) is 3.11. The second-order valence-electron chi connectivity index (χ2n) is 4.53. The lowest BCUT2D eigenvalue weighted by molar-refractivity contribution is -0.0498. The largest absolute Gasteiger partial charge is 0.435 e. The van der Waals surface area contributed by atoms with Gasteiger partial charge < -0.3 is 10.1 Å². The average Bonchev–Trinajstić information content (AvgIpc) is 2.47. The van der Waals surface area contributed by atoms with Crippen molar-refractivity contribution >= 4 is 5.69 Å². The van der Waals surface area contributed by atoms with E-state index in [1.54, 1.807) is 30.3 Å². The molecule has 0 aliphatic carbocycles. The van der Waals surface area contributed by atoms with Gasteiger partial charge in [0.15, 0.2) is 0 Å². The van der Waals surface area contributed by atoms with Crippen LogP contribution in [0.25, 0.3) is 0 Å². The zero-order valence-corrected chi connectivity index (χ0v) is 11.5. The molecule has 1 N–H and O–H groups in total. The van der Waals surface area contributed by atoms with Crippen LogP contribution in [0.5, 0.6) is 5.75 Å². The maximum Gasteiger partial charge on any atom is 0.387 e. The summed E-state index contributed by atoms with van der Waals surface area (Å²) in [5, 5.41) is 3.18. The molecule has 0 bridgehead atoms. The minimum atomic E-state index is -2.84. The highest BCUT2D eigenvalue weighted by atomic mass is 19.3. The number of benzene rings is 2. The molecule has 0 aromatic heterocycles. The summed E-state index contributed by atoms with van der Waals surface area (Å²) in [6, 6.07) is 12.5. The number of hydrogen-bond acceptors (Lipinski definition) is 2. The van der Waals surface area contributed by atoms with Gasteiger partial charge in [-0.15, -0.1) is 0 Å². The second kappa shape index (κ2) is 7.02. The first-order valence-corrected chi connectivity index (χ1v) is 6.66. The molecule has 0 spiro atoms. The fraction of sp³-hybridized carbons (Fsp3) is 0.250. The van der Waals surface area contributed by atoms with Crippen molar-refractivity contribution in [1.82, 2.24) is 0 Å². The van der Waals surface area contributed by atoms with Crippen LogP contribution < -0.4 is 10.1 Å². The van der Waals surface area contributed by atoms with Crippen molar-refractivity contribution in [2.24, 2.45) is 0 Å². The van der Waals surface area contributed by atoms with Gasteiger partial charge in [-0.3, -0.25) is 0 Å². The van der Waals surface area contributed by atoms with Crippen molar-refractivity contribution in [3.8, 4) is 5.75 Å². The summed E-state index contributed by atoms with van der Waals surface area (Å²) in [4.78, 5) is 0. The minimum Gasteiger partial charge on any atom is -0.435 e. The van der Waals surface area contributed by atoms with Gasteiger partial charge in [0.25, 0.3) is 0 Å². The molecule has 2 aromatic rings. The van der Waals surface area contributed by atoms with Gasteiger partial charge in [0, 0.05) is 11.3 Å². The van der Waals surface area contributed by atoms with Gasteiger partial charge in [0.1, 0.15) is 11.6 Å². The number of halogens is 3. The molecule has 112 valence electrons. The maximum absolute atomic E-state index is 13.8. The first-order chi connectivity index (χ1) is 10.1. The van der Waals surface area contributed by atoms with Crippen LogP contribution in [-0.2, 0) is 0 Å². The molecule has 2 rings (SSSR count). The highest BCUT2D eigenvalue weighted by molar-refractivity contribution is 5.48. The predicted molar refractivity (Wildman–Crippen MR) is 76.1 cm³/mol. The van der Waals surface area contributed by atoms with E-state index in [0.717, 1.165) is 0 Å². The molecule has 5 heteroatoms. The van der Waals surface area contributed by atoms with Crippen LogP contribution in [-0.4, -0.2) is 6.61 Å². The summed E-state index contributed by atoms with van der Waals surface area (Å²) in [5.74, 6) is -0.177. The lowest BCUT2D eigenvalue weighted by atomic mass is 10.0. The van der Waals surface area contributed by atoms with E-state index in [0.29, 0.717) is 17.7 Å². The van der Waals surface area contributed by atoms with Crippen LogP contribution in [0.4, 0.5) is 18.9 Å². The summed E-state index contributed by atoms with van der Waals surface area (Å²) in [7, 11) is 0. The first-order valence-electron chi connectivity index (χ1n) is 6.66. The molecule has 0 radical (unpaired) electrons. The maximum atomic E-state index is 13.8. The van der Waals surface area contributed by atoms with E-state index in [2.05, 4.69) is 10.1 Å². The van der Waals surface area contributed by atoms with Crippen molar-refractivity contribution < 1.29 is 17.9 Å². The van der Waals surface area contributed by atoms with E-state index in [9.17, 15) is 13.2 Å². The molecule has 2 nitrogen and oxygen atoms in total. The minimum absolute atomic E-state index is 0.0921. The molecule has 0 fully saturated rings. The second-order valence-corrected chi connectivity index (χ2v) is 4.53. The zero-order valence-electron chi connectivity index (χ0n) is 11.5. The van der Waals surface area contributed by atoms with Crippen molar-refractivity contribution in [2.75, 3.05) is 5.32 Å². The number of alkyl halides is 2. The molecular weight excluding hydrogens is 279 g/mol. The smallest absolute Gasteiger partial charge is 0.387 e. The molecule has 0 aliphatic heterocycles. The molecule has 0 saturated carbocycles. The molecule has 1 atom stereocenters. The third kappa shape index (κ3) is 4.15. The number of rotatable bonds is 6. The van der Waals surface area contributed by atoms with Gasteiger partial charge in [0.2, 0.25) is 0 Å². The predicted octanol–water partition coefficient (Wildman–Crippen LogP) is 4.99. The van der Waals surface area contributed by atoms with E-state index in [4.69, 9.17) is 0 Å². The molecule has 0 heterocycles. The Bertz CT molecular complexity index is 572. The number of hydrogen-bond donors (Lipinski definition) is 1. The van der Waals surface area contributed by atoms with Crippen LogP contribution in [0.1, 0.15) is 24.9 Å².